The van der Waals surface area contributed by atoms with E-state index in [9.17, 15) is 14.1 Å². The number of nitrogens with zero attached hydrogens (tertiary/aromatic N) is 1. The molecule has 1 amide bonds. The Balaban J connectivity index is 2.28. The van der Waals surface area contributed by atoms with Gasteiger partial charge in [0.15, 0.2) is 9.79 Å². The van der Waals surface area contributed by atoms with Gasteiger partial charge in [-0.3, -0.25) is 4.79 Å². The third-order valence-corrected chi connectivity index (χ3v) is 5.08. The first kappa shape index (κ1) is 14.6. The number of aromatic carboxylic acids is 1. The fourth-order valence-electron chi connectivity index (χ4n) is 2.51. The minimum absolute atomic E-state index is 0.0629. The van der Waals surface area contributed by atoms with Crippen molar-refractivity contribution >= 4 is 28.7 Å². The zero-order valence-corrected chi connectivity index (χ0v) is 12.6. The topological polar surface area (TPSA) is 80.7 Å². The first-order valence-corrected chi connectivity index (χ1v) is 7.89. The number of fused-ring (bicyclic) bond motifs is 2. The van der Waals surface area contributed by atoms with E-state index in [1.54, 1.807) is 31.2 Å². The van der Waals surface area contributed by atoms with E-state index in [1.807, 2.05) is 0 Å². The van der Waals surface area contributed by atoms with Gasteiger partial charge >= 0.3 is 5.97 Å². The Morgan fingerprint density at radius 2 is 1.95 bits per heavy atom. The molecule has 5 nitrogen and oxygen atoms in total. The SMILES string of the molecule is CCN1C(=O)c2ccccc2[S+]([O-])c2ccc(C(=O)O)cc21. The number of carboxylic acids is 1. The van der Waals surface area contributed by atoms with Crippen molar-refractivity contribution in [2.75, 3.05) is 11.4 Å². The normalized spacial score (nSPS) is 16.7. The van der Waals surface area contributed by atoms with Gasteiger partial charge in [-0.25, -0.2) is 4.79 Å². The Bertz CT molecular complexity index is 774. The van der Waals surface area contributed by atoms with E-state index < -0.39 is 17.1 Å². The summed E-state index contributed by atoms with van der Waals surface area (Å²) in [5.74, 6) is -1.36. The Kier molecular flexibility index (Phi) is 3.64. The molecule has 0 radical (unpaired) electrons. The maximum absolute atomic E-state index is 12.8. The molecule has 2 aromatic carbocycles. The van der Waals surface area contributed by atoms with Crippen molar-refractivity contribution in [2.24, 2.45) is 0 Å². The molecule has 0 saturated carbocycles. The summed E-state index contributed by atoms with van der Waals surface area (Å²) in [4.78, 5) is 26.2. The fourth-order valence-corrected chi connectivity index (χ4v) is 3.86. The number of carbonyl (C=O) groups is 2. The predicted molar refractivity (Wildman–Crippen MR) is 81.9 cm³/mol. The minimum Gasteiger partial charge on any atom is -0.606 e. The molecular formula is C16H13NO4S. The van der Waals surface area contributed by atoms with Gasteiger partial charge in [-0.05, 0) is 37.3 Å². The third-order valence-electron chi connectivity index (χ3n) is 3.58. The van der Waals surface area contributed by atoms with Gasteiger partial charge in [0.2, 0.25) is 0 Å². The van der Waals surface area contributed by atoms with Crippen molar-refractivity contribution in [3.63, 3.8) is 0 Å². The number of anilines is 1. The highest BCUT2D eigenvalue weighted by Gasteiger charge is 2.35. The molecular weight excluding hydrogens is 302 g/mol. The summed E-state index contributed by atoms with van der Waals surface area (Å²) in [6.45, 7) is 2.16. The maximum atomic E-state index is 12.8. The second kappa shape index (κ2) is 5.47. The molecule has 1 unspecified atom stereocenters. The van der Waals surface area contributed by atoms with E-state index in [0.717, 1.165) is 0 Å². The summed E-state index contributed by atoms with van der Waals surface area (Å²) < 4.78 is 12.8. The van der Waals surface area contributed by atoms with Crippen LogP contribution in [0.2, 0.25) is 0 Å². The van der Waals surface area contributed by atoms with E-state index >= 15 is 0 Å². The van der Waals surface area contributed by atoms with Crippen LogP contribution in [-0.2, 0) is 11.2 Å². The van der Waals surface area contributed by atoms with Gasteiger partial charge in [-0.2, -0.15) is 0 Å². The molecule has 0 bridgehead atoms. The Labute approximate surface area is 130 Å². The van der Waals surface area contributed by atoms with Gasteiger partial charge in [0.05, 0.1) is 11.1 Å². The summed E-state index contributed by atoms with van der Waals surface area (Å²) in [5, 5.41) is 9.14. The number of rotatable bonds is 2. The lowest BCUT2D eigenvalue weighted by molar-refractivity contribution is 0.0696. The number of amides is 1. The molecule has 6 heteroatoms. The number of benzene rings is 2. The summed E-state index contributed by atoms with van der Waals surface area (Å²) in [5.41, 5.74) is 0.839. The van der Waals surface area contributed by atoms with E-state index in [1.165, 1.54) is 23.1 Å². The molecule has 0 spiro atoms. The molecule has 0 aromatic heterocycles. The minimum atomic E-state index is -1.53. The van der Waals surface area contributed by atoms with Crippen LogP contribution in [0.4, 0.5) is 5.69 Å². The van der Waals surface area contributed by atoms with Gasteiger partial charge in [-0.1, -0.05) is 12.1 Å². The van der Waals surface area contributed by atoms with Gasteiger partial charge in [-0.15, -0.1) is 0 Å². The van der Waals surface area contributed by atoms with E-state index in [4.69, 9.17) is 5.11 Å². The van der Waals surface area contributed by atoms with Crippen molar-refractivity contribution in [1.29, 1.82) is 0 Å². The molecule has 0 fully saturated rings. The number of hydrogen-bond acceptors (Lipinski definition) is 3. The van der Waals surface area contributed by atoms with Crippen LogP contribution in [0.3, 0.4) is 0 Å². The van der Waals surface area contributed by atoms with Gasteiger partial charge in [0.1, 0.15) is 5.69 Å². The molecule has 1 N–H and O–H groups in total. The first-order chi connectivity index (χ1) is 10.5. The largest absolute Gasteiger partial charge is 0.606 e. The second-order valence-corrected chi connectivity index (χ2v) is 6.22. The lowest BCUT2D eigenvalue weighted by atomic mass is 10.1. The van der Waals surface area contributed by atoms with Crippen LogP contribution in [0.25, 0.3) is 0 Å². The van der Waals surface area contributed by atoms with Gasteiger partial charge < -0.3 is 14.6 Å². The van der Waals surface area contributed by atoms with Crippen LogP contribution in [0.15, 0.2) is 52.3 Å². The molecule has 1 heterocycles. The molecule has 0 aliphatic carbocycles. The number of carbonyl (C=O) groups excluding carboxylic acids is 1. The zero-order chi connectivity index (χ0) is 15.9. The quantitative estimate of drug-likeness (QED) is 0.864. The Morgan fingerprint density at radius 3 is 2.64 bits per heavy atom. The van der Waals surface area contributed by atoms with Crippen molar-refractivity contribution in [3.8, 4) is 0 Å². The van der Waals surface area contributed by atoms with Crippen LogP contribution < -0.4 is 4.90 Å². The molecule has 112 valence electrons. The summed E-state index contributed by atoms with van der Waals surface area (Å²) in [6.07, 6.45) is 0. The molecule has 1 aliphatic rings. The van der Waals surface area contributed by atoms with Crippen molar-refractivity contribution in [1.82, 2.24) is 0 Å². The summed E-state index contributed by atoms with van der Waals surface area (Å²) >= 11 is -1.53. The third kappa shape index (κ3) is 2.17. The molecule has 1 aliphatic heterocycles. The smallest absolute Gasteiger partial charge is 0.335 e. The van der Waals surface area contributed by atoms with E-state index in [2.05, 4.69) is 0 Å². The molecule has 0 saturated heterocycles. The van der Waals surface area contributed by atoms with Crippen LogP contribution in [-0.4, -0.2) is 28.1 Å². The number of carboxylic acid groups (broad SMARTS) is 1. The van der Waals surface area contributed by atoms with Gasteiger partial charge in [0, 0.05) is 17.7 Å². The van der Waals surface area contributed by atoms with Crippen molar-refractivity contribution < 1.29 is 19.2 Å². The average molecular weight is 315 g/mol. The fraction of sp³-hybridized carbons (Fsp3) is 0.125. The molecule has 22 heavy (non-hydrogen) atoms. The molecule has 2 aromatic rings. The van der Waals surface area contributed by atoms with Crippen LogP contribution in [0.1, 0.15) is 27.6 Å². The molecule has 3 rings (SSSR count). The average Bonchev–Trinajstić information content (AvgIpc) is 2.62. The first-order valence-electron chi connectivity index (χ1n) is 6.74. The highest BCUT2D eigenvalue weighted by atomic mass is 32.2. The van der Waals surface area contributed by atoms with Crippen molar-refractivity contribution in [2.45, 2.75) is 16.7 Å². The maximum Gasteiger partial charge on any atom is 0.335 e. The van der Waals surface area contributed by atoms with Crippen LogP contribution in [0, 0.1) is 0 Å². The second-order valence-electron chi connectivity index (χ2n) is 4.80. The Morgan fingerprint density at radius 1 is 1.23 bits per heavy atom. The lowest BCUT2D eigenvalue weighted by Crippen LogP contribution is -2.30. The van der Waals surface area contributed by atoms with Crippen LogP contribution >= 0.6 is 0 Å². The van der Waals surface area contributed by atoms with E-state index in [0.29, 0.717) is 27.6 Å². The standard InChI is InChI=1S/C16H13NO4S/c1-2-17-12-9-10(16(19)20)7-8-14(12)22(21)13-6-4-3-5-11(13)15(17)18/h3-9H,2H2,1H3,(H,19,20). The lowest BCUT2D eigenvalue weighted by Gasteiger charge is -2.20. The highest BCUT2D eigenvalue weighted by Crippen LogP contribution is 2.37. The number of hydrogen-bond donors (Lipinski definition) is 1. The summed E-state index contributed by atoms with van der Waals surface area (Å²) in [6, 6.07) is 11.1. The van der Waals surface area contributed by atoms with Gasteiger partial charge in [0.25, 0.3) is 5.91 Å². The van der Waals surface area contributed by atoms with Crippen molar-refractivity contribution in [3.05, 3.63) is 53.6 Å². The van der Waals surface area contributed by atoms with E-state index in [-0.39, 0.29) is 11.5 Å². The van der Waals surface area contributed by atoms with Crippen LogP contribution in [0.5, 0.6) is 0 Å². The monoisotopic (exact) mass is 315 g/mol. The molecule has 1 atom stereocenters. The Hall–Kier alpha value is -2.31. The highest BCUT2D eigenvalue weighted by molar-refractivity contribution is 7.91. The summed E-state index contributed by atoms with van der Waals surface area (Å²) in [7, 11) is 0. The zero-order valence-electron chi connectivity index (χ0n) is 11.8. The predicted octanol–water partition coefficient (Wildman–Crippen LogP) is 2.53.